The molecule has 4 heteroatoms. The van der Waals surface area contributed by atoms with E-state index in [-0.39, 0.29) is 5.91 Å². The summed E-state index contributed by atoms with van der Waals surface area (Å²) in [5.74, 6) is 2.52. The molecule has 0 radical (unpaired) electrons. The van der Waals surface area contributed by atoms with Gasteiger partial charge in [-0.25, -0.2) is 0 Å². The minimum absolute atomic E-state index is 0.0619. The fourth-order valence-corrected chi connectivity index (χ4v) is 1.61. The Kier molecular flexibility index (Phi) is 5.28. The first-order chi connectivity index (χ1) is 8.19. The third kappa shape index (κ3) is 3.95. The molecule has 1 rings (SSSR count). The van der Waals surface area contributed by atoms with Crippen molar-refractivity contribution in [2.45, 2.75) is 39.7 Å². The highest BCUT2D eigenvalue weighted by molar-refractivity contribution is 5.92. The summed E-state index contributed by atoms with van der Waals surface area (Å²) in [4.78, 5) is 11.9. The Morgan fingerprint density at radius 2 is 2.35 bits per heavy atom. The normalized spacial score (nSPS) is 9.94. The molecule has 1 heterocycles. The minimum Gasteiger partial charge on any atom is -0.351 e. The van der Waals surface area contributed by atoms with Crippen molar-refractivity contribution in [2.75, 3.05) is 6.54 Å². The van der Waals surface area contributed by atoms with Crippen molar-refractivity contribution >= 4 is 5.91 Å². The third-order valence-electron chi connectivity index (χ3n) is 2.47. The van der Waals surface area contributed by atoms with Crippen LogP contribution in [-0.4, -0.2) is 22.2 Å². The standard InChI is InChI=1S/C13H19N3O/c1-4-6-7-8-9-14-13(17)12-10-11(3)15-16(12)5-2/h1,10H,5-9H2,2-3H3,(H,14,17). The van der Waals surface area contributed by atoms with Gasteiger partial charge >= 0.3 is 0 Å². The molecule has 1 amide bonds. The molecule has 1 N–H and O–H groups in total. The van der Waals surface area contributed by atoms with E-state index < -0.39 is 0 Å². The number of carbonyl (C=O) groups is 1. The van der Waals surface area contributed by atoms with E-state index >= 15 is 0 Å². The van der Waals surface area contributed by atoms with Crippen LogP contribution in [0, 0.1) is 19.3 Å². The fraction of sp³-hybridized carbons (Fsp3) is 0.538. The van der Waals surface area contributed by atoms with Gasteiger partial charge in [0.1, 0.15) is 5.69 Å². The lowest BCUT2D eigenvalue weighted by Gasteiger charge is -2.05. The molecule has 0 unspecified atom stereocenters. The Morgan fingerprint density at radius 1 is 1.59 bits per heavy atom. The van der Waals surface area contributed by atoms with Gasteiger partial charge in [-0.3, -0.25) is 9.48 Å². The van der Waals surface area contributed by atoms with Crippen LogP contribution in [0.25, 0.3) is 0 Å². The highest BCUT2D eigenvalue weighted by Crippen LogP contribution is 2.03. The predicted octanol–water partition coefficient (Wildman–Crippen LogP) is 1.74. The molecular weight excluding hydrogens is 214 g/mol. The van der Waals surface area contributed by atoms with E-state index in [1.54, 1.807) is 10.7 Å². The number of rotatable bonds is 6. The Hall–Kier alpha value is -1.76. The lowest BCUT2D eigenvalue weighted by molar-refractivity contribution is 0.0942. The van der Waals surface area contributed by atoms with Gasteiger partial charge in [-0.05, 0) is 32.8 Å². The summed E-state index contributed by atoms with van der Waals surface area (Å²) in [6.45, 7) is 5.22. The Bertz CT molecular complexity index is 415. The summed E-state index contributed by atoms with van der Waals surface area (Å²) in [6.07, 6.45) is 7.78. The van der Waals surface area contributed by atoms with Gasteiger partial charge in [0, 0.05) is 19.5 Å². The number of terminal acetylenes is 1. The molecule has 0 fully saturated rings. The number of unbranched alkanes of at least 4 members (excludes halogenated alkanes) is 2. The van der Waals surface area contributed by atoms with E-state index in [4.69, 9.17) is 6.42 Å². The number of aromatic nitrogens is 2. The number of nitrogens with one attached hydrogen (secondary N) is 1. The molecule has 0 aliphatic rings. The number of hydrogen-bond acceptors (Lipinski definition) is 2. The van der Waals surface area contributed by atoms with Crippen LogP contribution in [-0.2, 0) is 6.54 Å². The van der Waals surface area contributed by atoms with Crippen molar-refractivity contribution < 1.29 is 4.79 Å². The third-order valence-corrected chi connectivity index (χ3v) is 2.47. The molecule has 1 aromatic rings. The molecule has 0 saturated heterocycles. The molecule has 4 nitrogen and oxygen atoms in total. The molecule has 0 atom stereocenters. The first-order valence-corrected chi connectivity index (χ1v) is 5.95. The summed E-state index contributed by atoms with van der Waals surface area (Å²) in [6, 6.07) is 1.81. The molecule has 1 aromatic heterocycles. The van der Waals surface area contributed by atoms with Crippen molar-refractivity contribution in [3.8, 4) is 12.3 Å². The van der Waals surface area contributed by atoms with Crippen molar-refractivity contribution in [2.24, 2.45) is 0 Å². The Balaban J connectivity index is 2.44. The van der Waals surface area contributed by atoms with Gasteiger partial charge < -0.3 is 5.32 Å². The van der Waals surface area contributed by atoms with Gasteiger partial charge in [0.05, 0.1) is 5.69 Å². The van der Waals surface area contributed by atoms with Crippen molar-refractivity contribution in [1.82, 2.24) is 15.1 Å². The largest absolute Gasteiger partial charge is 0.351 e. The second kappa shape index (κ2) is 6.74. The maximum atomic E-state index is 11.9. The van der Waals surface area contributed by atoms with Gasteiger partial charge in [-0.15, -0.1) is 12.3 Å². The van der Waals surface area contributed by atoms with E-state index in [0.717, 1.165) is 25.0 Å². The maximum Gasteiger partial charge on any atom is 0.269 e. The van der Waals surface area contributed by atoms with E-state index in [1.807, 2.05) is 13.8 Å². The van der Waals surface area contributed by atoms with Crippen LogP contribution in [0.4, 0.5) is 0 Å². The first-order valence-electron chi connectivity index (χ1n) is 5.95. The first kappa shape index (κ1) is 13.3. The molecule has 0 saturated carbocycles. The number of amides is 1. The quantitative estimate of drug-likeness (QED) is 0.601. The molecule has 0 aromatic carbocycles. The van der Waals surface area contributed by atoms with Crippen LogP contribution in [0.15, 0.2) is 6.07 Å². The second-order valence-electron chi connectivity index (χ2n) is 3.90. The minimum atomic E-state index is -0.0619. The van der Waals surface area contributed by atoms with Crippen LogP contribution < -0.4 is 5.32 Å². The van der Waals surface area contributed by atoms with Crippen molar-refractivity contribution in [3.63, 3.8) is 0 Å². The number of aryl methyl sites for hydroxylation is 2. The van der Waals surface area contributed by atoms with Gasteiger partial charge in [-0.2, -0.15) is 5.10 Å². The smallest absolute Gasteiger partial charge is 0.269 e. The maximum absolute atomic E-state index is 11.9. The summed E-state index contributed by atoms with van der Waals surface area (Å²) in [7, 11) is 0. The van der Waals surface area contributed by atoms with E-state index in [2.05, 4.69) is 16.3 Å². The lowest BCUT2D eigenvalue weighted by atomic mass is 10.2. The summed E-state index contributed by atoms with van der Waals surface area (Å²) >= 11 is 0. The van der Waals surface area contributed by atoms with Gasteiger partial charge in [0.2, 0.25) is 0 Å². The fourth-order valence-electron chi connectivity index (χ4n) is 1.61. The highest BCUT2D eigenvalue weighted by atomic mass is 16.2. The number of hydrogen-bond donors (Lipinski definition) is 1. The lowest BCUT2D eigenvalue weighted by Crippen LogP contribution is -2.27. The average Bonchev–Trinajstić information content (AvgIpc) is 2.70. The van der Waals surface area contributed by atoms with E-state index in [0.29, 0.717) is 18.8 Å². The van der Waals surface area contributed by atoms with Gasteiger partial charge in [0.15, 0.2) is 0 Å². The molecule has 0 aliphatic heterocycles. The SMILES string of the molecule is C#CCCCCNC(=O)c1cc(C)nn1CC. The highest BCUT2D eigenvalue weighted by Gasteiger charge is 2.11. The molecule has 92 valence electrons. The van der Waals surface area contributed by atoms with Gasteiger partial charge in [-0.1, -0.05) is 0 Å². The average molecular weight is 233 g/mol. The summed E-state index contributed by atoms with van der Waals surface area (Å²) < 4.78 is 1.71. The topological polar surface area (TPSA) is 46.9 Å². The molecule has 17 heavy (non-hydrogen) atoms. The van der Waals surface area contributed by atoms with Crippen LogP contribution in [0.5, 0.6) is 0 Å². The van der Waals surface area contributed by atoms with Crippen LogP contribution in [0.1, 0.15) is 42.4 Å². The van der Waals surface area contributed by atoms with Crippen LogP contribution >= 0.6 is 0 Å². The van der Waals surface area contributed by atoms with Gasteiger partial charge in [0.25, 0.3) is 5.91 Å². The Morgan fingerprint density at radius 3 is 3.00 bits per heavy atom. The van der Waals surface area contributed by atoms with Crippen LogP contribution in [0.2, 0.25) is 0 Å². The number of nitrogens with zero attached hydrogens (tertiary/aromatic N) is 2. The second-order valence-corrected chi connectivity index (χ2v) is 3.90. The monoisotopic (exact) mass is 233 g/mol. The van der Waals surface area contributed by atoms with Crippen molar-refractivity contribution in [3.05, 3.63) is 17.5 Å². The molecule has 0 aliphatic carbocycles. The van der Waals surface area contributed by atoms with E-state index in [9.17, 15) is 4.79 Å². The summed E-state index contributed by atoms with van der Waals surface area (Å²) in [5.41, 5.74) is 1.49. The zero-order valence-electron chi connectivity index (χ0n) is 10.5. The van der Waals surface area contributed by atoms with Crippen molar-refractivity contribution in [1.29, 1.82) is 0 Å². The number of carbonyl (C=O) groups excluding carboxylic acids is 1. The summed E-state index contributed by atoms with van der Waals surface area (Å²) in [5, 5.41) is 7.11. The predicted molar refractivity (Wildman–Crippen MR) is 67.7 cm³/mol. The van der Waals surface area contributed by atoms with E-state index in [1.165, 1.54) is 0 Å². The molecule has 0 bridgehead atoms. The zero-order chi connectivity index (χ0) is 12.7. The zero-order valence-corrected chi connectivity index (χ0v) is 10.5. The molecule has 0 spiro atoms. The Labute approximate surface area is 102 Å². The van der Waals surface area contributed by atoms with Crippen LogP contribution in [0.3, 0.4) is 0 Å². The molecular formula is C13H19N3O.